The van der Waals surface area contributed by atoms with E-state index in [9.17, 15) is 0 Å². The van der Waals surface area contributed by atoms with Gasteiger partial charge in [0.15, 0.2) is 0 Å². The Balaban J connectivity index is 2.27. The Morgan fingerprint density at radius 3 is 2.40 bits per heavy atom. The Kier molecular flexibility index (Phi) is 5.04. The van der Waals surface area contributed by atoms with Gasteiger partial charge in [-0.1, -0.05) is 34.1 Å². The molecule has 0 saturated heterocycles. The summed E-state index contributed by atoms with van der Waals surface area (Å²) in [4.78, 5) is 0. The molecule has 106 valence electrons. The first-order chi connectivity index (χ1) is 9.60. The molecule has 2 rings (SSSR count). The van der Waals surface area contributed by atoms with Crippen LogP contribution in [-0.2, 0) is 0 Å². The normalized spacial score (nSPS) is 13.6. The standard InChI is InChI=1S/C16H18BrNO2/c1-11(18)16(12-5-3-7-14(9-12)19-2)20-15-8-4-6-13(17)10-15/h3-11,16H,18H2,1-2H3. The molecule has 3 nitrogen and oxygen atoms in total. The van der Waals surface area contributed by atoms with Crippen LogP contribution in [0.25, 0.3) is 0 Å². The van der Waals surface area contributed by atoms with Gasteiger partial charge in [0, 0.05) is 10.5 Å². The summed E-state index contributed by atoms with van der Waals surface area (Å²) in [5.41, 5.74) is 7.07. The second kappa shape index (κ2) is 6.77. The van der Waals surface area contributed by atoms with Gasteiger partial charge in [-0.25, -0.2) is 0 Å². The highest BCUT2D eigenvalue weighted by Crippen LogP contribution is 2.28. The molecular weight excluding hydrogens is 318 g/mol. The number of hydrogen-bond acceptors (Lipinski definition) is 3. The van der Waals surface area contributed by atoms with E-state index in [4.69, 9.17) is 15.2 Å². The maximum atomic E-state index is 6.07. The molecule has 0 saturated carbocycles. The zero-order valence-electron chi connectivity index (χ0n) is 11.5. The Morgan fingerprint density at radius 2 is 1.75 bits per heavy atom. The molecule has 0 spiro atoms. The summed E-state index contributed by atoms with van der Waals surface area (Å²) < 4.78 is 12.3. The predicted octanol–water partition coefficient (Wildman–Crippen LogP) is 3.93. The maximum Gasteiger partial charge on any atom is 0.139 e. The third kappa shape index (κ3) is 3.74. The van der Waals surface area contributed by atoms with Gasteiger partial charge in [0.1, 0.15) is 17.6 Å². The second-order valence-electron chi connectivity index (χ2n) is 4.63. The molecule has 0 fully saturated rings. The summed E-state index contributed by atoms with van der Waals surface area (Å²) >= 11 is 3.44. The first-order valence-electron chi connectivity index (χ1n) is 6.42. The molecule has 0 heterocycles. The van der Waals surface area contributed by atoms with Crippen molar-refractivity contribution in [1.29, 1.82) is 0 Å². The molecule has 0 bridgehead atoms. The zero-order valence-corrected chi connectivity index (χ0v) is 13.1. The van der Waals surface area contributed by atoms with Gasteiger partial charge >= 0.3 is 0 Å². The van der Waals surface area contributed by atoms with E-state index in [0.29, 0.717) is 0 Å². The van der Waals surface area contributed by atoms with E-state index in [1.165, 1.54) is 0 Å². The molecule has 2 N–H and O–H groups in total. The van der Waals surface area contributed by atoms with Gasteiger partial charge in [0.25, 0.3) is 0 Å². The molecule has 2 aromatic carbocycles. The molecule has 0 amide bonds. The van der Waals surface area contributed by atoms with Crippen LogP contribution < -0.4 is 15.2 Å². The van der Waals surface area contributed by atoms with Crippen molar-refractivity contribution in [3.8, 4) is 11.5 Å². The number of methoxy groups -OCH3 is 1. The third-order valence-corrected chi connectivity index (χ3v) is 3.45. The number of rotatable bonds is 5. The average Bonchev–Trinajstić information content (AvgIpc) is 2.44. The van der Waals surface area contributed by atoms with Crippen molar-refractivity contribution >= 4 is 15.9 Å². The van der Waals surface area contributed by atoms with Gasteiger partial charge in [0.05, 0.1) is 7.11 Å². The Bertz CT molecular complexity index is 572. The van der Waals surface area contributed by atoms with Crippen LogP contribution in [0.15, 0.2) is 53.0 Å². The number of halogens is 1. The molecule has 0 aliphatic heterocycles. The highest BCUT2D eigenvalue weighted by atomic mass is 79.9. The van der Waals surface area contributed by atoms with Crippen LogP contribution in [0.4, 0.5) is 0 Å². The first kappa shape index (κ1) is 14.9. The van der Waals surface area contributed by atoms with Crippen LogP contribution in [0, 0.1) is 0 Å². The van der Waals surface area contributed by atoms with E-state index in [1.807, 2.05) is 55.5 Å². The van der Waals surface area contributed by atoms with E-state index in [0.717, 1.165) is 21.5 Å². The van der Waals surface area contributed by atoms with Gasteiger partial charge in [-0.15, -0.1) is 0 Å². The minimum atomic E-state index is -0.223. The summed E-state index contributed by atoms with van der Waals surface area (Å²) in [6.07, 6.45) is -0.223. The monoisotopic (exact) mass is 335 g/mol. The van der Waals surface area contributed by atoms with Crippen LogP contribution in [0.5, 0.6) is 11.5 Å². The molecule has 4 heteroatoms. The lowest BCUT2D eigenvalue weighted by Gasteiger charge is -2.23. The van der Waals surface area contributed by atoms with Crippen molar-refractivity contribution in [2.75, 3.05) is 7.11 Å². The predicted molar refractivity (Wildman–Crippen MR) is 84.2 cm³/mol. The van der Waals surface area contributed by atoms with Crippen LogP contribution >= 0.6 is 15.9 Å². The van der Waals surface area contributed by atoms with Crippen molar-refractivity contribution in [1.82, 2.24) is 0 Å². The van der Waals surface area contributed by atoms with Gasteiger partial charge in [-0.2, -0.15) is 0 Å². The van der Waals surface area contributed by atoms with E-state index in [1.54, 1.807) is 7.11 Å². The number of hydrogen-bond donors (Lipinski definition) is 1. The highest BCUT2D eigenvalue weighted by molar-refractivity contribution is 9.10. The van der Waals surface area contributed by atoms with Crippen molar-refractivity contribution in [2.45, 2.75) is 19.1 Å². The Labute approximate surface area is 127 Å². The SMILES string of the molecule is COc1cccc(C(Oc2cccc(Br)c2)C(C)N)c1. The summed E-state index contributed by atoms with van der Waals surface area (Å²) in [6.45, 7) is 1.93. The van der Waals surface area contributed by atoms with Crippen molar-refractivity contribution in [3.05, 3.63) is 58.6 Å². The van der Waals surface area contributed by atoms with E-state index in [2.05, 4.69) is 15.9 Å². The minimum Gasteiger partial charge on any atom is -0.497 e. The molecular formula is C16H18BrNO2. The minimum absolute atomic E-state index is 0.138. The lowest BCUT2D eigenvalue weighted by atomic mass is 10.0. The number of nitrogens with two attached hydrogens (primary N) is 1. The summed E-state index contributed by atoms with van der Waals surface area (Å²) in [7, 11) is 1.65. The van der Waals surface area contributed by atoms with Gasteiger partial charge in [-0.3, -0.25) is 0 Å². The first-order valence-corrected chi connectivity index (χ1v) is 7.21. The molecule has 2 aromatic rings. The zero-order chi connectivity index (χ0) is 14.5. The van der Waals surface area contributed by atoms with E-state index >= 15 is 0 Å². The number of ether oxygens (including phenoxy) is 2. The van der Waals surface area contributed by atoms with Gasteiger partial charge < -0.3 is 15.2 Å². The van der Waals surface area contributed by atoms with E-state index in [-0.39, 0.29) is 12.1 Å². The van der Waals surface area contributed by atoms with E-state index < -0.39 is 0 Å². The Morgan fingerprint density at radius 1 is 1.05 bits per heavy atom. The summed E-state index contributed by atoms with van der Waals surface area (Å²) in [6, 6.07) is 15.4. The highest BCUT2D eigenvalue weighted by Gasteiger charge is 2.19. The van der Waals surface area contributed by atoms with Crippen molar-refractivity contribution in [3.63, 3.8) is 0 Å². The van der Waals surface area contributed by atoms with Crippen LogP contribution in [0.2, 0.25) is 0 Å². The molecule has 2 atom stereocenters. The fourth-order valence-electron chi connectivity index (χ4n) is 1.98. The third-order valence-electron chi connectivity index (χ3n) is 2.96. The summed E-state index contributed by atoms with van der Waals surface area (Å²) in [5.74, 6) is 1.58. The fraction of sp³-hybridized carbons (Fsp3) is 0.250. The average molecular weight is 336 g/mol. The second-order valence-corrected chi connectivity index (χ2v) is 5.55. The maximum absolute atomic E-state index is 6.07. The largest absolute Gasteiger partial charge is 0.497 e. The van der Waals surface area contributed by atoms with Crippen molar-refractivity contribution in [2.24, 2.45) is 5.73 Å². The molecule has 0 aliphatic rings. The van der Waals surface area contributed by atoms with Gasteiger partial charge in [-0.05, 0) is 42.8 Å². The summed E-state index contributed by atoms with van der Waals surface area (Å²) in [5, 5.41) is 0. The topological polar surface area (TPSA) is 44.5 Å². The smallest absolute Gasteiger partial charge is 0.139 e. The van der Waals surface area contributed by atoms with Crippen LogP contribution in [-0.4, -0.2) is 13.2 Å². The Hall–Kier alpha value is -1.52. The molecule has 2 unspecified atom stereocenters. The van der Waals surface area contributed by atoms with Gasteiger partial charge in [0.2, 0.25) is 0 Å². The quantitative estimate of drug-likeness (QED) is 0.900. The van der Waals surface area contributed by atoms with Crippen molar-refractivity contribution < 1.29 is 9.47 Å². The molecule has 0 aromatic heterocycles. The molecule has 0 aliphatic carbocycles. The fourth-order valence-corrected chi connectivity index (χ4v) is 2.36. The number of benzene rings is 2. The molecule has 0 radical (unpaired) electrons. The molecule has 20 heavy (non-hydrogen) atoms. The van der Waals surface area contributed by atoms with Crippen LogP contribution in [0.1, 0.15) is 18.6 Å². The van der Waals surface area contributed by atoms with Crippen LogP contribution in [0.3, 0.4) is 0 Å². The lowest BCUT2D eigenvalue weighted by molar-refractivity contribution is 0.180. The lowest BCUT2D eigenvalue weighted by Crippen LogP contribution is -2.29.